The average molecular weight is 495 g/mol. The van der Waals surface area contributed by atoms with Crippen LogP contribution < -0.4 is 4.74 Å². The van der Waals surface area contributed by atoms with Crippen molar-refractivity contribution in [2.45, 2.75) is 122 Å². The van der Waals surface area contributed by atoms with Gasteiger partial charge in [-0.15, -0.1) is 0 Å². The zero-order valence-corrected chi connectivity index (χ0v) is 21.6. The fourth-order valence-electron chi connectivity index (χ4n) is 6.15. The Hall–Kier alpha value is -1.52. The van der Waals surface area contributed by atoms with Crippen molar-refractivity contribution in [3.8, 4) is 5.75 Å². The molecule has 5 heteroatoms. The van der Waals surface area contributed by atoms with Crippen LogP contribution in [0.1, 0.15) is 122 Å². The van der Waals surface area contributed by atoms with Gasteiger partial charge < -0.3 is 4.74 Å². The second kappa shape index (κ2) is 14.9. The molecule has 0 N–H and O–H groups in total. The second-order valence-corrected chi connectivity index (χ2v) is 11.2. The molecule has 0 radical (unpaired) electrons. The van der Waals surface area contributed by atoms with Crippen LogP contribution in [0.4, 0.5) is 13.2 Å². The molecule has 2 aliphatic carbocycles. The maximum absolute atomic E-state index is 13.4. The molecule has 0 aromatic heterocycles. The molecule has 35 heavy (non-hydrogen) atoms. The normalized spacial score (nSPS) is 24.9. The summed E-state index contributed by atoms with van der Waals surface area (Å²) in [5.74, 6) is -2.74. The highest BCUT2D eigenvalue weighted by atomic mass is 19.2. The zero-order chi connectivity index (χ0) is 25.0. The van der Waals surface area contributed by atoms with Crippen LogP contribution in [0.3, 0.4) is 0 Å². The molecule has 0 spiro atoms. The van der Waals surface area contributed by atoms with E-state index in [1.54, 1.807) is 0 Å². The van der Waals surface area contributed by atoms with Crippen LogP contribution in [0, 0.1) is 41.1 Å². The summed E-state index contributed by atoms with van der Waals surface area (Å²) >= 11 is 0. The van der Waals surface area contributed by atoms with Crippen molar-refractivity contribution in [2.24, 2.45) is 23.7 Å². The summed E-state index contributed by atoms with van der Waals surface area (Å²) in [4.78, 5) is 12.4. The molecule has 1 aromatic carbocycles. The molecule has 2 nitrogen and oxygen atoms in total. The van der Waals surface area contributed by atoms with E-state index in [9.17, 15) is 18.0 Å². The average Bonchev–Trinajstić information content (AvgIpc) is 2.86. The topological polar surface area (TPSA) is 26.3 Å². The molecule has 2 aliphatic rings. The van der Waals surface area contributed by atoms with Crippen molar-refractivity contribution < 1.29 is 22.7 Å². The Balaban J connectivity index is 1.25. The third-order valence-electron chi connectivity index (χ3n) is 8.52. The number of unbranched alkanes of at least 4 members (excludes halogenated alkanes) is 6. The summed E-state index contributed by atoms with van der Waals surface area (Å²) in [5.41, 5.74) is 0. The second-order valence-electron chi connectivity index (χ2n) is 11.2. The fraction of sp³-hybridized carbons (Fsp3) is 0.767. The largest absolute Gasteiger partial charge is 0.426 e. The quantitative estimate of drug-likeness (QED) is 0.118. The number of rotatable bonds is 13. The van der Waals surface area contributed by atoms with Crippen molar-refractivity contribution in [1.29, 1.82) is 0 Å². The predicted octanol–water partition coefficient (Wildman–Crippen LogP) is 9.54. The summed E-state index contributed by atoms with van der Waals surface area (Å²) in [6.07, 6.45) is 22.8. The van der Waals surface area contributed by atoms with E-state index < -0.39 is 23.4 Å². The first-order valence-electron chi connectivity index (χ1n) is 14.3. The SMILES string of the molecule is CCCCCCCCCC1CCC(CCC2CCC(C(=O)Oc3cc(F)c(F)c(F)c3)CC2)CC1. The lowest BCUT2D eigenvalue weighted by Crippen LogP contribution is -2.26. The molecule has 198 valence electrons. The molecule has 2 saturated carbocycles. The number of hydrogen-bond acceptors (Lipinski definition) is 2. The van der Waals surface area contributed by atoms with E-state index >= 15 is 0 Å². The molecule has 1 aromatic rings. The lowest BCUT2D eigenvalue weighted by Gasteiger charge is -2.31. The first-order chi connectivity index (χ1) is 17.0. The molecule has 0 atom stereocenters. The Kier molecular flexibility index (Phi) is 11.9. The Bertz CT molecular complexity index is 742. The van der Waals surface area contributed by atoms with Crippen molar-refractivity contribution in [3.63, 3.8) is 0 Å². The van der Waals surface area contributed by atoms with Crippen LogP contribution in [0.5, 0.6) is 5.75 Å². The Morgan fingerprint density at radius 1 is 0.714 bits per heavy atom. The van der Waals surface area contributed by atoms with Crippen molar-refractivity contribution in [1.82, 2.24) is 0 Å². The van der Waals surface area contributed by atoms with Gasteiger partial charge in [-0.05, 0) is 43.4 Å². The van der Waals surface area contributed by atoms with Gasteiger partial charge in [-0.2, -0.15) is 0 Å². The highest BCUT2D eigenvalue weighted by Crippen LogP contribution is 2.38. The predicted molar refractivity (Wildman–Crippen MR) is 135 cm³/mol. The van der Waals surface area contributed by atoms with Gasteiger partial charge in [0.25, 0.3) is 0 Å². The molecule has 0 bridgehead atoms. The Morgan fingerprint density at radius 2 is 1.17 bits per heavy atom. The van der Waals surface area contributed by atoms with Crippen molar-refractivity contribution in [2.75, 3.05) is 0 Å². The van der Waals surface area contributed by atoms with Crippen LogP contribution in [0.2, 0.25) is 0 Å². The molecule has 2 fully saturated rings. The minimum Gasteiger partial charge on any atom is -0.426 e. The van der Waals surface area contributed by atoms with Crippen molar-refractivity contribution in [3.05, 3.63) is 29.6 Å². The molecular formula is C30H45F3O2. The highest BCUT2D eigenvalue weighted by molar-refractivity contribution is 5.75. The van der Waals surface area contributed by atoms with Gasteiger partial charge in [-0.1, -0.05) is 96.8 Å². The standard InChI is InChI=1S/C30H45F3O2/c1-2-3-4-5-6-7-8-9-22-10-12-23(13-11-22)14-15-24-16-18-25(19-17-24)30(34)35-26-20-27(31)29(33)28(32)21-26/h20-25H,2-19H2,1H3. The van der Waals surface area contributed by atoms with E-state index in [0.717, 1.165) is 49.7 Å². The summed E-state index contributed by atoms with van der Waals surface area (Å²) in [7, 11) is 0. The zero-order valence-electron chi connectivity index (χ0n) is 21.6. The number of esters is 1. The number of carbonyl (C=O) groups excluding carboxylic acids is 1. The van der Waals surface area contributed by atoms with E-state index in [4.69, 9.17) is 4.74 Å². The lowest BCUT2D eigenvalue weighted by molar-refractivity contribution is -0.140. The molecule has 0 unspecified atom stereocenters. The van der Waals surface area contributed by atoms with Crippen LogP contribution in [0.15, 0.2) is 12.1 Å². The lowest BCUT2D eigenvalue weighted by atomic mass is 9.75. The monoisotopic (exact) mass is 494 g/mol. The maximum Gasteiger partial charge on any atom is 0.314 e. The Morgan fingerprint density at radius 3 is 1.71 bits per heavy atom. The first kappa shape index (κ1) is 28.1. The summed E-state index contributed by atoms with van der Waals surface area (Å²) in [6, 6.07) is 1.46. The third kappa shape index (κ3) is 9.46. The molecule has 0 heterocycles. The van der Waals surface area contributed by atoms with Gasteiger partial charge in [0.1, 0.15) is 5.75 Å². The number of hydrogen-bond donors (Lipinski definition) is 0. The van der Waals surface area contributed by atoms with Gasteiger partial charge in [-0.25, -0.2) is 13.2 Å². The van der Waals surface area contributed by atoms with Gasteiger partial charge in [0.2, 0.25) is 0 Å². The molecule has 3 rings (SSSR count). The van der Waals surface area contributed by atoms with Gasteiger partial charge in [-0.3, -0.25) is 4.79 Å². The van der Waals surface area contributed by atoms with Crippen LogP contribution in [-0.2, 0) is 4.79 Å². The van der Waals surface area contributed by atoms with Crippen molar-refractivity contribution >= 4 is 5.97 Å². The van der Waals surface area contributed by atoms with Gasteiger partial charge in [0.05, 0.1) is 5.92 Å². The minimum absolute atomic E-state index is 0.246. The first-order valence-corrected chi connectivity index (χ1v) is 14.3. The Labute approximate surface area is 210 Å². The van der Waals surface area contributed by atoms with Crippen LogP contribution in [0.25, 0.3) is 0 Å². The molecular weight excluding hydrogens is 449 g/mol. The number of benzene rings is 1. The number of carbonyl (C=O) groups is 1. The third-order valence-corrected chi connectivity index (χ3v) is 8.52. The molecule has 0 amide bonds. The van der Waals surface area contributed by atoms with Gasteiger partial charge >= 0.3 is 5.97 Å². The van der Waals surface area contributed by atoms with E-state index in [-0.39, 0.29) is 11.7 Å². The van der Waals surface area contributed by atoms with Gasteiger partial charge in [0, 0.05) is 12.1 Å². The van der Waals surface area contributed by atoms with Crippen LogP contribution in [-0.4, -0.2) is 5.97 Å². The summed E-state index contributed by atoms with van der Waals surface area (Å²) in [5, 5.41) is 0. The number of halogens is 3. The van der Waals surface area contributed by atoms with E-state index in [2.05, 4.69) is 6.92 Å². The van der Waals surface area contributed by atoms with Crippen LogP contribution >= 0.6 is 0 Å². The maximum atomic E-state index is 13.4. The molecule has 0 saturated heterocycles. The van der Waals surface area contributed by atoms with E-state index in [0.29, 0.717) is 5.92 Å². The summed E-state index contributed by atoms with van der Waals surface area (Å²) in [6.45, 7) is 2.27. The summed E-state index contributed by atoms with van der Waals surface area (Å²) < 4.78 is 44.9. The van der Waals surface area contributed by atoms with E-state index in [1.807, 2.05) is 0 Å². The molecule has 0 aliphatic heterocycles. The fourth-order valence-corrected chi connectivity index (χ4v) is 6.15. The number of ether oxygens (including phenoxy) is 1. The van der Waals surface area contributed by atoms with Gasteiger partial charge in [0.15, 0.2) is 17.5 Å². The minimum atomic E-state index is -1.55. The van der Waals surface area contributed by atoms with E-state index in [1.165, 1.54) is 89.9 Å². The smallest absolute Gasteiger partial charge is 0.314 e. The highest BCUT2D eigenvalue weighted by Gasteiger charge is 2.29.